The summed E-state index contributed by atoms with van der Waals surface area (Å²) in [6, 6.07) is 13.0. The Morgan fingerprint density at radius 3 is 2.63 bits per heavy atom. The van der Waals surface area contributed by atoms with Crippen LogP contribution >= 0.6 is 0 Å². The molecule has 1 aliphatic heterocycles. The Hall–Kier alpha value is -2.93. The molecule has 0 saturated carbocycles. The summed E-state index contributed by atoms with van der Waals surface area (Å²) < 4.78 is 10.7. The molecule has 0 aliphatic carbocycles. The number of aliphatic carboxylic acids is 1. The van der Waals surface area contributed by atoms with Crippen LogP contribution < -0.4 is 4.74 Å². The van der Waals surface area contributed by atoms with Crippen LogP contribution in [-0.2, 0) is 16.1 Å². The van der Waals surface area contributed by atoms with Gasteiger partial charge in [0, 0.05) is 32.5 Å². The smallest absolute Gasteiger partial charge is 0.313 e. The number of amides is 1. The molecule has 2 heterocycles. The quantitative estimate of drug-likeness (QED) is 0.804. The molecule has 1 amide bonds. The first kappa shape index (κ1) is 18.8. The van der Waals surface area contributed by atoms with Crippen LogP contribution in [0.15, 0.2) is 48.7 Å². The second-order valence-corrected chi connectivity index (χ2v) is 6.65. The molecule has 27 heavy (non-hydrogen) atoms. The highest BCUT2D eigenvalue weighted by molar-refractivity contribution is 5.94. The second-order valence-electron chi connectivity index (χ2n) is 6.65. The van der Waals surface area contributed by atoms with Crippen LogP contribution in [0.4, 0.5) is 0 Å². The molecule has 1 aromatic heterocycles. The lowest BCUT2D eigenvalue weighted by atomic mass is 9.88. The molecule has 2 aromatic rings. The van der Waals surface area contributed by atoms with Gasteiger partial charge in [0.1, 0.15) is 12.0 Å². The number of nitrogens with zero attached hydrogens (tertiary/aromatic N) is 2. The fraction of sp³-hybridized carbons (Fsp3) is 0.350. The van der Waals surface area contributed by atoms with Crippen molar-refractivity contribution in [3.05, 3.63) is 59.8 Å². The predicted octanol–water partition coefficient (Wildman–Crippen LogP) is 2.22. The number of carbonyl (C=O) groups excluding carboxylic acids is 1. The van der Waals surface area contributed by atoms with Crippen LogP contribution in [-0.4, -0.2) is 53.7 Å². The first-order chi connectivity index (χ1) is 13.0. The molecule has 0 radical (unpaired) electrons. The molecule has 1 atom stereocenters. The minimum absolute atomic E-state index is 0.0800. The molecule has 1 aliphatic rings. The van der Waals surface area contributed by atoms with E-state index in [9.17, 15) is 14.7 Å². The monoisotopic (exact) mass is 370 g/mol. The van der Waals surface area contributed by atoms with Crippen molar-refractivity contribution < 1.29 is 24.2 Å². The average Bonchev–Trinajstić information content (AvgIpc) is 3.13. The molecule has 1 saturated heterocycles. The average molecular weight is 370 g/mol. The number of hydrogen-bond acceptors (Lipinski definition) is 5. The summed E-state index contributed by atoms with van der Waals surface area (Å²) in [7, 11) is 1.47. The van der Waals surface area contributed by atoms with Crippen LogP contribution in [0.2, 0.25) is 0 Å². The fourth-order valence-corrected chi connectivity index (χ4v) is 3.18. The van der Waals surface area contributed by atoms with E-state index in [4.69, 9.17) is 9.47 Å². The molecular weight excluding hydrogens is 348 g/mol. The van der Waals surface area contributed by atoms with Gasteiger partial charge in [0.15, 0.2) is 0 Å². The Morgan fingerprint density at radius 2 is 2.00 bits per heavy atom. The molecule has 1 unspecified atom stereocenters. The van der Waals surface area contributed by atoms with Crippen molar-refractivity contribution in [3.8, 4) is 5.88 Å². The molecule has 1 fully saturated rings. The van der Waals surface area contributed by atoms with Crippen LogP contribution in [0.3, 0.4) is 0 Å². The van der Waals surface area contributed by atoms with Crippen molar-refractivity contribution >= 4 is 11.9 Å². The maximum atomic E-state index is 12.7. The number of pyridine rings is 1. The van der Waals surface area contributed by atoms with E-state index in [1.165, 1.54) is 18.2 Å². The van der Waals surface area contributed by atoms with Gasteiger partial charge in [-0.05, 0) is 18.1 Å². The maximum Gasteiger partial charge on any atom is 0.313 e. The van der Waals surface area contributed by atoms with Crippen molar-refractivity contribution in [2.75, 3.05) is 26.8 Å². The molecular formula is C20H22N2O5. The van der Waals surface area contributed by atoms with Crippen molar-refractivity contribution in [2.24, 2.45) is 5.41 Å². The van der Waals surface area contributed by atoms with E-state index in [-0.39, 0.29) is 19.1 Å². The standard InChI is InChI=1S/C20H22N2O5/c1-26-14-20(19(24)25)9-10-22(13-20)18(23)16-7-8-17(21-11-16)27-12-15-5-3-2-4-6-15/h2-8,11H,9-10,12-14H2,1H3,(H,24,25). The zero-order valence-electron chi connectivity index (χ0n) is 15.1. The van der Waals surface area contributed by atoms with Gasteiger partial charge in [-0.3, -0.25) is 9.59 Å². The van der Waals surface area contributed by atoms with Gasteiger partial charge in [-0.2, -0.15) is 0 Å². The summed E-state index contributed by atoms with van der Waals surface area (Å²) in [5, 5.41) is 9.51. The largest absolute Gasteiger partial charge is 0.481 e. The summed E-state index contributed by atoms with van der Waals surface area (Å²) >= 11 is 0. The summed E-state index contributed by atoms with van der Waals surface area (Å²) in [5.41, 5.74) is 0.386. The van der Waals surface area contributed by atoms with Crippen molar-refractivity contribution in [1.29, 1.82) is 0 Å². The Balaban J connectivity index is 1.61. The van der Waals surface area contributed by atoms with E-state index in [1.807, 2.05) is 30.3 Å². The number of methoxy groups -OCH3 is 1. The Bertz CT molecular complexity index is 794. The summed E-state index contributed by atoms with van der Waals surface area (Å²) in [6.07, 6.45) is 1.83. The lowest BCUT2D eigenvalue weighted by Crippen LogP contribution is -2.40. The first-order valence-corrected chi connectivity index (χ1v) is 8.68. The maximum absolute atomic E-state index is 12.7. The third-order valence-electron chi connectivity index (χ3n) is 4.73. The highest BCUT2D eigenvalue weighted by Crippen LogP contribution is 2.32. The number of aromatic nitrogens is 1. The molecule has 7 nitrogen and oxygen atoms in total. The summed E-state index contributed by atoms with van der Waals surface area (Å²) in [5.74, 6) is -0.755. The minimum atomic E-state index is -1.05. The molecule has 1 N–H and O–H groups in total. The number of benzene rings is 1. The Labute approximate surface area is 157 Å². The van der Waals surface area contributed by atoms with E-state index in [0.717, 1.165) is 5.56 Å². The topological polar surface area (TPSA) is 89.0 Å². The predicted molar refractivity (Wildman–Crippen MR) is 97.5 cm³/mol. The van der Waals surface area contributed by atoms with Gasteiger partial charge in [0.05, 0.1) is 12.2 Å². The minimum Gasteiger partial charge on any atom is -0.481 e. The molecule has 3 rings (SSSR count). The number of rotatable bonds is 7. The number of hydrogen-bond donors (Lipinski definition) is 1. The van der Waals surface area contributed by atoms with Crippen molar-refractivity contribution in [2.45, 2.75) is 13.0 Å². The second kappa shape index (κ2) is 8.18. The molecule has 142 valence electrons. The van der Waals surface area contributed by atoms with Crippen LogP contribution in [0, 0.1) is 5.41 Å². The van der Waals surface area contributed by atoms with E-state index in [2.05, 4.69) is 4.98 Å². The zero-order chi connectivity index (χ0) is 19.3. The van der Waals surface area contributed by atoms with Gasteiger partial charge in [-0.15, -0.1) is 0 Å². The van der Waals surface area contributed by atoms with Gasteiger partial charge >= 0.3 is 5.97 Å². The van der Waals surface area contributed by atoms with E-state index in [1.54, 1.807) is 12.1 Å². The highest BCUT2D eigenvalue weighted by atomic mass is 16.5. The number of carboxylic acids is 1. The zero-order valence-corrected chi connectivity index (χ0v) is 15.1. The lowest BCUT2D eigenvalue weighted by molar-refractivity contribution is -0.151. The Kier molecular flexibility index (Phi) is 5.71. The van der Waals surface area contributed by atoms with Crippen LogP contribution in [0.25, 0.3) is 0 Å². The third kappa shape index (κ3) is 4.25. The number of carbonyl (C=O) groups is 2. The summed E-state index contributed by atoms with van der Waals surface area (Å²) in [4.78, 5) is 30.0. The molecule has 0 bridgehead atoms. The number of carboxylic acid groups (broad SMARTS) is 1. The van der Waals surface area contributed by atoms with E-state index >= 15 is 0 Å². The summed E-state index contributed by atoms with van der Waals surface area (Å²) in [6.45, 7) is 0.976. The highest BCUT2D eigenvalue weighted by Gasteiger charge is 2.46. The molecule has 7 heteroatoms. The fourth-order valence-electron chi connectivity index (χ4n) is 3.18. The SMILES string of the molecule is COCC1(C(=O)O)CCN(C(=O)c2ccc(OCc3ccccc3)nc2)C1. The van der Waals surface area contributed by atoms with E-state index < -0.39 is 11.4 Å². The number of ether oxygens (including phenoxy) is 2. The van der Waals surface area contributed by atoms with Crippen molar-refractivity contribution in [1.82, 2.24) is 9.88 Å². The molecule has 1 aromatic carbocycles. The Morgan fingerprint density at radius 1 is 1.22 bits per heavy atom. The van der Waals surface area contributed by atoms with E-state index in [0.29, 0.717) is 31.0 Å². The van der Waals surface area contributed by atoms with Crippen LogP contribution in [0.5, 0.6) is 5.88 Å². The van der Waals surface area contributed by atoms with Crippen LogP contribution in [0.1, 0.15) is 22.3 Å². The van der Waals surface area contributed by atoms with Gasteiger partial charge in [-0.25, -0.2) is 4.98 Å². The van der Waals surface area contributed by atoms with Gasteiger partial charge in [0.25, 0.3) is 5.91 Å². The van der Waals surface area contributed by atoms with Gasteiger partial charge in [0.2, 0.25) is 5.88 Å². The van der Waals surface area contributed by atoms with Gasteiger partial charge in [-0.1, -0.05) is 30.3 Å². The number of likely N-dealkylation sites (tertiary alicyclic amines) is 1. The lowest BCUT2D eigenvalue weighted by Gasteiger charge is -2.23. The normalized spacial score (nSPS) is 19.1. The van der Waals surface area contributed by atoms with Crippen molar-refractivity contribution in [3.63, 3.8) is 0 Å². The third-order valence-corrected chi connectivity index (χ3v) is 4.73. The van der Waals surface area contributed by atoms with Gasteiger partial charge < -0.3 is 19.5 Å². The molecule has 0 spiro atoms. The first-order valence-electron chi connectivity index (χ1n) is 8.68.